The van der Waals surface area contributed by atoms with Gasteiger partial charge in [-0.25, -0.2) is 4.98 Å². The van der Waals surface area contributed by atoms with Crippen LogP contribution in [0.1, 0.15) is 22.6 Å². The van der Waals surface area contributed by atoms with Crippen LogP contribution in [0.2, 0.25) is 0 Å². The summed E-state index contributed by atoms with van der Waals surface area (Å²) in [5, 5.41) is 3.41. The lowest BCUT2D eigenvalue weighted by atomic mass is 10.1. The van der Waals surface area contributed by atoms with E-state index >= 15 is 0 Å². The maximum Gasteiger partial charge on any atom is 0.129 e. The largest absolute Gasteiger partial charge is 0.467 e. The minimum Gasteiger partial charge on any atom is -0.467 e. The van der Waals surface area contributed by atoms with Crippen LogP contribution < -0.4 is 5.32 Å². The van der Waals surface area contributed by atoms with Crippen molar-refractivity contribution in [3.05, 3.63) is 77.8 Å². The normalized spacial score (nSPS) is 11.0. The number of aryl methyl sites for hydroxylation is 1. The number of imidazole rings is 1. The van der Waals surface area contributed by atoms with E-state index in [2.05, 4.69) is 34.6 Å². The highest BCUT2D eigenvalue weighted by molar-refractivity contribution is 5.23. The fourth-order valence-electron chi connectivity index (χ4n) is 2.39. The number of aromatic nitrogens is 2. The first kappa shape index (κ1) is 15.5. The molecular weight excluding hydrogens is 290 g/mol. The third-order valence-electron chi connectivity index (χ3n) is 3.48. The van der Waals surface area contributed by atoms with Gasteiger partial charge in [-0.2, -0.15) is 0 Å². The number of furan rings is 1. The van der Waals surface area contributed by atoms with Crippen LogP contribution in [0, 0.1) is 0 Å². The summed E-state index contributed by atoms with van der Waals surface area (Å²) in [7, 11) is 1.97. The van der Waals surface area contributed by atoms with E-state index in [4.69, 9.17) is 9.15 Å². The maximum atomic E-state index is 5.67. The van der Waals surface area contributed by atoms with Gasteiger partial charge in [-0.1, -0.05) is 24.3 Å². The van der Waals surface area contributed by atoms with Crippen molar-refractivity contribution in [2.45, 2.75) is 26.3 Å². The summed E-state index contributed by atoms with van der Waals surface area (Å²) in [6.45, 7) is 2.65. The summed E-state index contributed by atoms with van der Waals surface area (Å²) in [6, 6.07) is 12.2. The molecule has 0 amide bonds. The Kier molecular flexibility index (Phi) is 5.24. The quantitative estimate of drug-likeness (QED) is 0.695. The molecule has 0 fully saturated rings. The molecule has 1 N–H and O–H groups in total. The summed E-state index contributed by atoms with van der Waals surface area (Å²) in [5.74, 6) is 0.846. The first-order chi connectivity index (χ1) is 11.3. The summed E-state index contributed by atoms with van der Waals surface area (Å²) in [4.78, 5) is 4.30. The van der Waals surface area contributed by atoms with Crippen LogP contribution in [-0.2, 0) is 38.1 Å². The zero-order valence-corrected chi connectivity index (χ0v) is 13.2. The van der Waals surface area contributed by atoms with Gasteiger partial charge < -0.3 is 19.0 Å². The van der Waals surface area contributed by atoms with Crippen molar-refractivity contribution in [3.8, 4) is 0 Å². The molecule has 0 saturated heterocycles. The molecule has 0 saturated carbocycles. The van der Waals surface area contributed by atoms with Crippen molar-refractivity contribution in [2.24, 2.45) is 7.05 Å². The molecule has 23 heavy (non-hydrogen) atoms. The zero-order chi connectivity index (χ0) is 15.9. The van der Waals surface area contributed by atoms with Gasteiger partial charge in [0.15, 0.2) is 0 Å². The molecule has 0 aliphatic heterocycles. The molecular formula is C18H21N3O2. The van der Waals surface area contributed by atoms with Gasteiger partial charge in [-0.3, -0.25) is 0 Å². The van der Waals surface area contributed by atoms with E-state index in [1.165, 1.54) is 5.56 Å². The smallest absolute Gasteiger partial charge is 0.129 e. The van der Waals surface area contributed by atoms with Crippen LogP contribution in [0.3, 0.4) is 0 Å². The summed E-state index contributed by atoms with van der Waals surface area (Å²) >= 11 is 0. The topological polar surface area (TPSA) is 52.2 Å². The monoisotopic (exact) mass is 311 g/mol. The van der Waals surface area contributed by atoms with Crippen LogP contribution in [0.5, 0.6) is 0 Å². The molecule has 5 nitrogen and oxygen atoms in total. The minimum absolute atomic E-state index is 0.495. The lowest BCUT2D eigenvalue weighted by Crippen LogP contribution is -2.13. The average Bonchev–Trinajstić information content (AvgIpc) is 3.20. The van der Waals surface area contributed by atoms with Crippen LogP contribution in [-0.4, -0.2) is 9.55 Å². The molecule has 3 rings (SSSR count). The van der Waals surface area contributed by atoms with Crippen LogP contribution >= 0.6 is 0 Å². The van der Waals surface area contributed by atoms with Gasteiger partial charge in [0.25, 0.3) is 0 Å². The van der Waals surface area contributed by atoms with E-state index in [-0.39, 0.29) is 0 Å². The highest BCUT2D eigenvalue weighted by Crippen LogP contribution is 2.09. The van der Waals surface area contributed by atoms with Gasteiger partial charge in [-0.05, 0) is 23.3 Å². The van der Waals surface area contributed by atoms with Crippen molar-refractivity contribution >= 4 is 0 Å². The number of nitrogens with zero attached hydrogens (tertiary/aromatic N) is 2. The van der Waals surface area contributed by atoms with Crippen LogP contribution in [0.15, 0.2) is 59.6 Å². The van der Waals surface area contributed by atoms with E-state index in [1.807, 2.05) is 36.3 Å². The van der Waals surface area contributed by atoms with E-state index in [9.17, 15) is 0 Å². The van der Waals surface area contributed by atoms with Crippen molar-refractivity contribution in [3.63, 3.8) is 0 Å². The molecule has 0 spiro atoms. The standard InChI is InChI=1S/C18H21N3O2/c1-21-11-17(20-14-21)10-19-9-15-4-2-5-16(8-15)12-22-13-18-6-3-7-23-18/h2-8,11,14,19H,9-10,12-13H2,1H3. The van der Waals surface area contributed by atoms with Crippen molar-refractivity contribution < 1.29 is 9.15 Å². The average molecular weight is 311 g/mol. The summed E-state index contributed by atoms with van der Waals surface area (Å²) in [5.41, 5.74) is 3.44. The Morgan fingerprint density at radius 2 is 2.04 bits per heavy atom. The second kappa shape index (κ2) is 7.76. The Morgan fingerprint density at radius 3 is 2.83 bits per heavy atom. The van der Waals surface area contributed by atoms with Crippen molar-refractivity contribution in [1.82, 2.24) is 14.9 Å². The van der Waals surface area contributed by atoms with Gasteiger partial charge in [0, 0.05) is 26.3 Å². The molecule has 2 heterocycles. The number of rotatable bonds is 8. The first-order valence-electron chi connectivity index (χ1n) is 7.65. The number of ether oxygens (including phenoxy) is 1. The fraction of sp³-hybridized carbons (Fsp3) is 0.278. The molecule has 0 aliphatic carbocycles. The molecule has 0 aliphatic rings. The molecule has 1 aromatic carbocycles. The highest BCUT2D eigenvalue weighted by atomic mass is 16.5. The van der Waals surface area contributed by atoms with Gasteiger partial charge in [-0.15, -0.1) is 0 Å². The molecule has 0 unspecified atom stereocenters. The molecule has 2 aromatic heterocycles. The molecule has 5 heteroatoms. The van der Waals surface area contributed by atoms with Gasteiger partial charge in [0.05, 0.1) is 24.9 Å². The second-order valence-corrected chi connectivity index (χ2v) is 5.53. The highest BCUT2D eigenvalue weighted by Gasteiger charge is 2.00. The number of hydrogen-bond acceptors (Lipinski definition) is 4. The van der Waals surface area contributed by atoms with Gasteiger partial charge in [0.2, 0.25) is 0 Å². The van der Waals surface area contributed by atoms with Gasteiger partial charge in [0.1, 0.15) is 12.4 Å². The molecule has 0 bridgehead atoms. The van der Waals surface area contributed by atoms with Crippen molar-refractivity contribution in [1.29, 1.82) is 0 Å². The van der Waals surface area contributed by atoms with E-state index in [0.717, 1.165) is 30.1 Å². The minimum atomic E-state index is 0.495. The SMILES string of the molecule is Cn1cnc(CNCc2cccc(COCc3ccco3)c2)c1. The Hall–Kier alpha value is -2.37. The fourth-order valence-corrected chi connectivity index (χ4v) is 2.39. The maximum absolute atomic E-state index is 5.67. The second-order valence-electron chi connectivity index (χ2n) is 5.53. The molecule has 0 radical (unpaired) electrons. The third-order valence-corrected chi connectivity index (χ3v) is 3.48. The number of nitrogens with one attached hydrogen (secondary N) is 1. The Bertz CT molecular complexity index is 719. The lowest BCUT2D eigenvalue weighted by Gasteiger charge is -2.07. The lowest BCUT2D eigenvalue weighted by molar-refractivity contribution is 0.0929. The summed E-state index contributed by atoms with van der Waals surface area (Å²) < 4.78 is 12.9. The Balaban J connectivity index is 1.45. The van der Waals surface area contributed by atoms with E-state index in [1.54, 1.807) is 6.26 Å². The van der Waals surface area contributed by atoms with Crippen LogP contribution in [0.4, 0.5) is 0 Å². The first-order valence-corrected chi connectivity index (χ1v) is 7.65. The predicted octanol–water partition coefficient (Wildman–Crippen LogP) is 3.02. The third kappa shape index (κ3) is 4.81. The zero-order valence-electron chi connectivity index (χ0n) is 13.2. The van der Waals surface area contributed by atoms with Crippen LogP contribution in [0.25, 0.3) is 0 Å². The molecule has 0 atom stereocenters. The van der Waals surface area contributed by atoms with E-state index in [0.29, 0.717) is 13.2 Å². The predicted molar refractivity (Wildman–Crippen MR) is 87.4 cm³/mol. The molecule has 120 valence electrons. The van der Waals surface area contributed by atoms with Gasteiger partial charge >= 0.3 is 0 Å². The van der Waals surface area contributed by atoms with E-state index < -0.39 is 0 Å². The number of hydrogen-bond donors (Lipinski definition) is 1. The number of benzene rings is 1. The Labute approximate surface area is 135 Å². The molecule has 3 aromatic rings. The van der Waals surface area contributed by atoms with Crippen molar-refractivity contribution in [2.75, 3.05) is 0 Å². The Morgan fingerprint density at radius 1 is 1.13 bits per heavy atom. The summed E-state index contributed by atoms with van der Waals surface area (Å²) in [6.07, 6.45) is 5.49.